The summed E-state index contributed by atoms with van der Waals surface area (Å²) < 4.78 is 5.12. The summed E-state index contributed by atoms with van der Waals surface area (Å²) in [7, 11) is 1.60. The monoisotopic (exact) mass is 389 g/mol. The maximum Gasteiger partial charge on any atom is 0.270 e. The number of pyridine rings is 1. The van der Waals surface area contributed by atoms with Crippen molar-refractivity contribution in [2.24, 2.45) is 0 Å². The fraction of sp³-hybridized carbons (Fsp3) is 0.174. The van der Waals surface area contributed by atoms with Gasteiger partial charge in [0, 0.05) is 24.0 Å². The van der Waals surface area contributed by atoms with E-state index in [0.29, 0.717) is 17.8 Å². The predicted molar refractivity (Wildman–Crippen MR) is 112 cm³/mol. The molecule has 3 aromatic rings. The van der Waals surface area contributed by atoms with Crippen LogP contribution in [0.3, 0.4) is 0 Å². The molecule has 2 amide bonds. The number of hydrogen-bond acceptors (Lipinski definition) is 4. The second-order valence-corrected chi connectivity index (χ2v) is 6.71. The molecule has 6 nitrogen and oxygen atoms in total. The number of anilines is 1. The van der Waals surface area contributed by atoms with Gasteiger partial charge in [-0.15, -0.1) is 0 Å². The largest absolute Gasteiger partial charge is 0.497 e. The van der Waals surface area contributed by atoms with Gasteiger partial charge in [0.05, 0.1) is 7.11 Å². The van der Waals surface area contributed by atoms with Crippen LogP contribution in [-0.4, -0.2) is 23.9 Å². The lowest BCUT2D eigenvalue weighted by Crippen LogP contribution is -2.24. The average Bonchev–Trinajstić information content (AvgIpc) is 2.75. The van der Waals surface area contributed by atoms with E-state index in [-0.39, 0.29) is 17.5 Å². The van der Waals surface area contributed by atoms with Crippen molar-refractivity contribution in [2.45, 2.75) is 20.4 Å². The van der Waals surface area contributed by atoms with Crippen molar-refractivity contribution in [3.63, 3.8) is 0 Å². The van der Waals surface area contributed by atoms with Gasteiger partial charge in [-0.1, -0.05) is 18.2 Å². The molecule has 0 spiro atoms. The summed E-state index contributed by atoms with van der Waals surface area (Å²) in [5.74, 6) is 0.116. The molecule has 3 rings (SSSR count). The zero-order valence-electron chi connectivity index (χ0n) is 16.7. The normalized spacial score (nSPS) is 10.3. The van der Waals surface area contributed by atoms with Crippen LogP contribution < -0.4 is 15.4 Å². The number of nitrogens with one attached hydrogen (secondary N) is 2. The highest BCUT2D eigenvalue weighted by Crippen LogP contribution is 2.16. The summed E-state index contributed by atoms with van der Waals surface area (Å²) in [4.78, 5) is 29.1. The van der Waals surface area contributed by atoms with E-state index in [1.54, 1.807) is 13.2 Å². The van der Waals surface area contributed by atoms with Crippen LogP contribution in [0.1, 0.15) is 37.5 Å². The Bertz CT molecular complexity index is 1030. The molecule has 2 aromatic carbocycles. The first kappa shape index (κ1) is 20.1. The topological polar surface area (TPSA) is 80.3 Å². The molecular weight excluding hydrogens is 366 g/mol. The first-order valence-corrected chi connectivity index (χ1v) is 9.22. The lowest BCUT2D eigenvalue weighted by atomic mass is 10.1. The Balaban J connectivity index is 1.64. The summed E-state index contributed by atoms with van der Waals surface area (Å²) in [6, 6.07) is 16.2. The predicted octanol–water partition coefficient (Wildman–Crippen LogP) is 3.89. The van der Waals surface area contributed by atoms with Gasteiger partial charge in [0.1, 0.15) is 11.4 Å². The van der Waals surface area contributed by atoms with Crippen LogP contribution in [0.2, 0.25) is 0 Å². The number of amides is 2. The van der Waals surface area contributed by atoms with Crippen LogP contribution >= 0.6 is 0 Å². The Morgan fingerprint density at radius 2 is 1.69 bits per heavy atom. The van der Waals surface area contributed by atoms with Gasteiger partial charge in [0.2, 0.25) is 0 Å². The zero-order valence-corrected chi connectivity index (χ0v) is 16.7. The summed E-state index contributed by atoms with van der Waals surface area (Å²) >= 11 is 0. The molecule has 29 heavy (non-hydrogen) atoms. The minimum Gasteiger partial charge on any atom is -0.497 e. The molecule has 0 saturated heterocycles. The lowest BCUT2D eigenvalue weighted by Gasteiger charge is -2.09. The fourth-order valence-electron chi connectivity index (χ4n) is 2.73. The number of rotatable bonds is 6. The first-order chi connectivity index (χ1) is 14.0. The quantitative estimate of drug-likeness (QED) is 0.670. The summed E-state index contributed by atoms with van der Waals surface area (Å²) in [6.45, 7) is 4.35. The number of carbonyl (C=O) groups is 2. The Morgan fingerprint density at radius 3 is 2.38 bits per heavy atom. The molecular formula is C23H23N3O3. The van der Waals surface area contributed by atoms with Crippen molar-refractivity contribution in [3.8, 4) is 5.75 Å². The molecule has 0 radical (unpaired) electrons. The van der Waals surface area contributed by atoms with E-state index in [2.05, 4.69) is 15.6 Å². The number of benzene rings is 2. The van der Waals surface area contributed by atoms with Crippen molar-refractivity contribution >= 4 is 17.5 Å². The van der Waals surface area contributed by atoms with Crippen LogP contribution in [0.15, 0.2) is 60.8 Å². The molecule has 0 aliphatic rings. The summed E-state index contributed by atoms with van der Waals surface area (Å²) in [6.07, 6.45) is 1.46. The first-order valence-electron chi connectivity index (χ1n) is 9.22. The molecule has 0 saturated carbocycles. The van der Waals surface area contributed by atoms with Gasteiger partial charge in [-0.2, -0.15) is 0 Å². The number of methoxy groups -OCH3 is 1. The molecule has 6 heteroatoms. The van der Waals surface area contributed by atoms with Gasteiger partial charge in [-0.25, -0.2) is 0 Å². The maximum atomic E-state index is 12.5. The molecule has 0 atom stereocenters. The van der Waals surface area contributed by atoms with E-state index in [1.807, 2.05) is 56.3 Å². The number of aryl methyl sites for hydroxylation is 2. The van der Waals surface area contributed by atoms with E-state index in [1.165, 1.54) is 12.3 Å². The third-order valence-electron chi connectivity index (χ3n) is 4.63. The highest BCUT2D eigenvalue weighted by molar-refractivity contribution is 6.05. The number of ether oxygens (including phenoxy) is 1. The minimum absolute atomic E-state index is 0.186. The molecule has 0 aliphatic heterocycles. The van der Waals surface area contributed by atoms with Crippen LogP contribution in [0.5, 0.6) is 5.75 Å². The zero-order chi connectivity index (χ0) is 20.8. The van der Waals surface area contributed by atoms with Gasteiger partial charge in [0.25, 0.3) is 11.8 Å². The summed E-state index contributed by atoms with van der Waals surface area (Å²) in [5.41, 5.74) is 4.45. The fourth-order valence-corrected chi connectivity index (χ4v) is 2.73. The average molecular weight is 389 g/mol. The standard InChI is InChI=1S/C23H23N3O3/c1-15-4-7-19(12-16(15)2)26-22(27)18-10-11-24-21(13-18)23(28)25-14-17-5-8-20(29-3)9-6-17/h4-13H,14H2,1-3H3,(H,25,28)(H,26,27). The number of carbonyl (C=O) groups excluding carboxylic acids is 2. The third-order valence-corrected chi connectivity index (χ3v) is 4.63. The molecule has 0 unspecified atom stereocenters. The van der Waals surface area contributed by atoms with E-state index in [4.69, 9.17) is 4.74 Å². The molecule has 148 valence electrons. The van der Waals surface area contributed by atoms with E-state index in [0.717, 1.165) is 22.4 Å². The van der Waals surface area contributed by atoms with E-state index >= 15 is 0 Å². The van der Waals surface area contributed by atoms with Gasteiger partial charge in [-0.3, -0.25) is 14.6 Å². The maximum absolute atomic E-state index is 12.5. The second kappa shape index (κ2) is 9.01. The number of aromatic nitrogens is 1. The van der Waals surface area contributed by atoms with Crippen molar-refractivity contribution in [3.05, 3.63) is 88.7 Å². The highest BCUT2D eigenvalue weighted by Gasteiger charge is 2.12. The van der Waals surface area contributed by atoms with E-state index in [9.17, 15) is 9.59 Å². The van der Waals surface area contributed by atoms with Crippen molar-refractivity contribution in [2.75, 3.05) is 12.4 Å². The van der Waals surface area contributed by atoms with Gasteiger partial charge in [-0.05, 0) is 66.9 Å². The Hall–Kier alpha value is -3.67. The second-order valence-electron chi connectivity index (χ2n) is 6.71. The number of nitrogens with zero attached hydrogens (tertiary/aromatic N) is 1. The summed E-state index contributed by atoms with van der Waals surface area (Å²) in [5, 5.41) is 5.66. The Labute approximate surface area is 169 Å². The van der Waals surface area contributed by atoms with Crippen molar-refractivity contribution in [1.29, 1.82) is 0 Å². The Morgan fingerprint density at radius 1 is 0.931 bits per heavy atom. The lowest BCUT2D eigenvalue weighted by molar-refractivity contribution is 0.0946. The molecule has 0 bridgehead atoms. The number of hydrogen-bond donors (Lipinski definition) is 2. The van der Waals surface area contributed by atoms with Crippen molar-refractivity contribution < 1.29 is 14.3 Å². The molecule has 0 fully saturated rings. The highest BCUT2D eigenvalue weighted by atomic mass is 16.5. The van der Waals surface area contributed by atoms with Gasteiger partial charge < -0.3 is 15.4 Å². The van der Waals surface area contributed by atoms with Crippen LogP contribution in [0.4, 0.5) is 5.69 Å². The van der Waals surface area contributed by atoms with E-state index < -0.39 is 0 Å². The minimum atomic E-state index is -0.346. The third kappa shape index (κ3) is 5.19. The van der Waals surface area contributed by atoms with Crippen LogP contribution in [0, 0.1) is 13.8 Å². The smallest absolute Gasteiger partial charge is 0.270 e. The SMILES string of the molecule is COc1ccc(CNC(=O)c2cc(C(=O)Nc3ccc(C)c(C)c3)ccn2)cc1. The molecule has 1 aromatic heterocycles. The van der Waals surface area contributed by atoms with Crippen LogP contribution in [0.25, 0.3) is 0 Å². The molecule has 0 aliphatic carbocycles. The Kier molecular flexibility index (Phi) is 6.24. The molecule has 1 heterocycles. The van der Waals surface area contributed by atoms with Gasteiger partial charge in [0.15, 0.2) is 0 Å². The molecule has 2 N–H and O–H groups in total. The van der Waals surface area contributed by atoms with Crippen LogP contribution in [-0.2, 0) is 6.54 Å². The van der Waals surface area contributed by atoms with Gasteiger partial charge >= 0.3 is 0 Å². The van der Waals surface area contributed by atoms with Crippen molar-refractivity contribution in [1.82, 2.24) is 10.3 Å².